The maximum absolute atomic E-state index is 11.3. The molecule has 0 bridgehead atoms. The van der Waals surface area contributed by atoms with Crippen LogP contribution in [0.1, 0.15) is 30.8 Å². The van der Waals surface area contributed by atoms with Crippen molar-refractivity contribution in [2.75, 3.05) is 0 Å². The van der Waals surface area contributed by atoms with E-state index in [1.165, 1.54) is 15.8 Å². The highest BCUT2D eigenvalue weighted by Crippen LogP contribution is 2.16. The molecule has 106 valence electrons. The van der Waals surface area contributed by atoms with Gasteiger partial charge in [-0.05, 0) is 43.2 Å². The van der Waals surface area contributed by atoms with Crippen LogP contribution in [0.2, 0.25) is 0 Å². The van der Waals surface area contributed by atoms with Crippen molar-refractivity contribution in [2.24, 2.45) is 0 Å². The van der Waals surface area contributed by atoms with Crippen molar-refractivity contribution in [1.82, 2.24) is 20.2 Å². The molecule has 0 spiro atoms. The minimum absolute atomic E-state index is 0.581. The van der Waals surface area contributed by atoms with Crippen LogP contribution in [0.25, 0.3) is 0 Å². The minimum atomic E-state index is -1.15. The number of carboxylic acids is 1. The molecule has 2 aromatic rings. The Morgan fingerprint density at radius 3 is 2.50 bits per heavy atom. The minimum Gasteiger partial charge on any atom is -0.479 e. The number of benzene rings is 1. The topological polar surface area (TPSA) is 80.9 Å². The second kappa shape index (κ2) is 5.40. The normalized spacial score (nSPS) is 11.6. The van der Waals surface area contributed by atoms with E-state index >= 15 is 0 Å². The van der Waals surface area contributed by atoms with Gasteiger partial charge in [0.15, 0.2) is 11.4 Å². The third-order valence-electron chi connectivity index (χ3n) is 3.34. The second-order valence-electron chi connectivity index (χ2n) is 5.36. The summed E-state index contributed by atoms with van der Waals surface area (Å²) in [5.41, 5.74) is 1.25. The van der Waals surface area contributed by atoms with E-state index < -0.39 is 11.5 Å². The molecule has 1 N–H and O–H groups in total. The van der Waals surface area contributed by atoms with Crippen molar-refractivity contribution in [3.05, 3.63) is 41.2 Å². The van der Waals surface area contributed by atoms with Gasteiger partial charge >= 0.3 is 5.97 Å². The van der Waals surface area contributed by atoms with Gasteiger partial charge in [-0.1, -0.05) is 29.8 Å². The number of carboxylic acid groups (broad SMARTS) is 1. The van der Waals surface area contributed by atoms with Gasteiger partial charge in [0.05, 0.1) is 0 Å². The Bertz CT molecular complexity index is 602. The summed E-state index contributed by atoms with van der Waals surface area (Å²) in [6.07, 6.45) is 1.38. The lowest BCUT2D eigenvalue weighted by atomic mass is 10.0. The van der Waals surface area contributed by atoms with E-state index in [1.54, 1.807) is 13.8 Å². The molecule has 1 aromatic carbocycles. The van der Waals surface area contributed by atoms with Gasteiger partial charge in [0, 0.05) is 6.42 Å². The summed E-state index contributed by atoms with van der Waals surface area (Å²) in [5.74, 6) is -0.376. The van der Waals surface area contributed by atoms with E-state index in [-0.39, 0.29) is 0 Å². The van der Waals surface area contributed by atoms with Crippen molar-refractivity contribution >= 4 is 5.97 Å². The summed E-state index contributed by atoms with van der Waals surface area (Å²) in [5, 5.41) is 20.6. The lowest BCUT2D eigenvalue weighted by Crippen LogP contribution is -2.38. The average Bonchev–Trinajstić information content (AvgIpc) is 2.87. The summed E-state index contributed by atoms with van der Waals surface area (Å²) >= 11 is 0. The van der Waals surface area contributed by atoms with Gasteiger partial charge in [0.2, 0.25) is 0 Å². The van der Waals surface area contributed by atoms with Gasteiger partial charge in [0.1, 0.15) is 0 Å². The first kappa shape index (κ1) is 14.2. The highest BCUT2D eigenvalue weighted by molar-refractivity contribution is 5.75. The Morgan fingerprint density at radius 2 is 1.90 bits per heavy atom. The number of aryl methyl sites for hydroxylation is 3. The number of hydrogen-bond acceptors (Lipinski definition) is 4. The molecule has 0 saturated carbocycles. The lowest BCUT2D eigenvalue weighted by Gasteiger charge is -2.20. The van der Waals surface area contributed by atoms with Crippen LogP contribution in [-0.4, -0.2) is 31.3 Å². The van der Waals surface area contributed by atoms with Crippen molar-refractivity contribution in [2.45, 2.75) is 39.2 Å². The van der Waals surface area contributed by atoms with Crippen molar-refractivity contribution in [3.63, 3.8) is 0 Å². The van der Waals surface area contributed by atoms with E-state index in [0.29, 0.717) is 12.2 Å². The number of nitrogens with zero attached hydrogens (tertiary/aromatic N) is 4. The van der Waals surface area contributed by atoms with Crippen molar-refractivity contribution in [3.8, 4) is 0 Å². The van der Waals surface area contributed by atoms with Gasteiger partial charge < -0.3 is 5.11 Å². The van der Waals surface area contributed by atoms with Gasteiger partial charge in [-0.25, -0.2) is 9.48 Å². The van der Waals surface area contributed by atoms with E-state index in [9.17, 15) is 9.90 Å². The van der Waals surface area contributed by atoms with E-state index in [2.05, 4.69) is 39.8 Å². The average molecular weight is 274 g/mol. The standard InChI is InChI=1S/C14H18N4O2/c1-10-4-6-11(7-5-10)8-9-12-15-16-17-18(12)14(2,3)13(19)20/h4-7H,8-9H2,1-3H3,(H,19,20). The molecule has 1 aromatic heterocycles. The molecule has 1 heterocycles. The van der Waals surface area contributed by atoms with Gasteiger partial charge in [-0.15, -0.1) is 5.10 Å². The Kier molecular flexibility index (Phi) is 3.83. The first-order chi connectivity index (χ1) is 9.41. The Balaban J connectivity index is 2.13. The molecule has 0 atom stereocenters. The number of hydrogen-bond donors (Lipinski definition) is 1. The molecule has 6 nitrogen and oxygen atoms in total. The number of aliphatic carboxylic acids is 1. The highest BCUT2D eigenvalue weighted by atomic mass is 16.4. The molecule has 0 saturated heterocycles. The maximum atomic E-state index is 11.3. The van der Waals surface area contributed by atoms with Crippen LogP contribution in [0.3, 0.4) is 0 Å². The zero-order chi connectivity index (χ0) is 14.8. The number of aromatic nitrogens is 4. The van der Waals surface area contributed by atoms with Gasteiger partial charge in [0.25, 0.3) is 0 Å². The molecular formula is C14H18N4O2. The van der Waals surface area contributed by atoms with Crippen LogP contribution >= 0.6 is 0 Å². The highest BCUT2D eigenvalue weighted by Gasteiger charge is 2.33. The molecule has 0 aliphatic rings. The molecule has 0 fully saturated rings. The first-order valence-electron chi connectivity index (χ1n) is 6.48. The number of rotatable bonds is 5. The third-order valence-corrected chi connectivity index (χ3v) is 3.34. The third kappa shape index (κ3) is 2.84. The predicted octanol–water partition coefficient (Wildman–Crippen LogP) is 1.59. The van der Waals surface area contributed by atoms with E-state index in [0.717, 1.165) is 6.42 Å². The summed E-state index contributed by atoms with van der Waals surface area (Å²) in [6.45, 7) is 5.21. The zero-order valence-corrected chi connectivity index (χ0v) is 11.9. The summed E-state index contributed by atoms with van der Waals surface area (Å²) in [4.78, 5) is 11.3. The van der Waals surface area contributed by atoms with Crippen LogP contribution in [0.15, 0.2) is 24.3 Å². The van der Waals surface area contributed by atoms with Crippen molar-refractivity contribution < 1.29 is 9.90 Å². The van der Waals surface area contributed by atoms with Gasteiger partial charge in [-0.3, -0.25) is 0 Å². The fourth-order valence-electron chi connectivity index (χ4n) is 1.90. The van der Waals surface area contributed by atoms with E-state index in [4.69, 9.17) is 0 Å². The smallest absolute Gasteiger partial charge is 0.331 e. The quantitative estimate of drug-likeness (QED) is 0.895. The molecule has 20 heavy (non-hydrogen) atoms. The van der Waals surface area contributed by atoms with Crippen LogP contribution < -0.4 is 0 Å². The lowest BCUT2D eigenvalue weighted by molar-refractivity contribution is -0.146. The fourth-order valence-corrected chi connectivity index (χ4v) is 1.90. The molecule has 6 heteroatoms. The second-order valence-corrected chi connectivity index (χ2v) is 5.36. The van der Waals surface area contributed by atoms with Crippen LogP contribution in [-0.2, 0) is 23.2 Å². The fraction of sp³-hybridized carbons (Fsp3) is 0.429. The Morgan fingerprint density at radius 1 is 1.25 bits per heavy atom. The SMILES string of the molecule is Cc1ccc(CCc2nnnn2C(C)(C)C(=O)O)cc1. The zero-order valence-electron chi connectivity index (χ0n) is 11.9. The summed E-state index contributed by atoms with van der Waals surface area (Å²) in [7, 11) is 0. The Hall–Kier alpha value is -2.24. The predicted molar refractivity (Wildman–Crippen MR) is 73.4 cm³/mol. The molecule has 0 aliphatic heterocycles. The summed E-state index contributed by atoms with van der Waals surface area (Å²) in [6, 6.07) is 8.23. The summed E-state index contributed by atoms with van der Waals surface area (Å²) < 4.78 is 1.38. The van der Waals surface area contributed by atoms with E-state index in [1.807, 2.05) is 6.92 Å². The Labute approximate surface area is 117 Å². The van der Waals surface area contributed by atoms with Crippen LogP contribution in [0.5, 0.6) is 0 Å². The molecular weight excluding hydrogens is 256 g/mol. The molecule has 0 amide bonds. The largest absolute Gasteiger partial charge is 0.479 e. The molecule has 0 radical (unpaired) electrons. The maximum Gasteiger partial charge on any atom is 0.331 e. The molecule has 2 rings (SSSR count). The first-order valence-corrected chi connectivity index (χ1v) is 6.48. The van der Waals surface area contributed by atoms with Crippen LogP contribution in [0.4, 0.5) is 0 Å². The molecule has 0 aliphatic carbocycles. The van der Waals surface area contributed by atoms with Gasteiger partial charge in [-0.2, -0.15) is 0 Å². The number of tetrazole rings is 1. The molecule has 0 unspecified atom stereocenters. The van der Waals surface area contributed by atoms with Crippen LogP contribution in [0, 0.1) is 6.92 Å². The monoisotopic (exact) mass is 274 g/mol. The number of carbonyl (C=O) groups is 1. The van der Waals surface area contributed by atoms with Crippen molar-refractivity contribution in [1.29, 1.82) is 0 Å².